The molecule has 1 aromatic rings. The molecule has 0 aliphatic carbocycles. The van der Waals surface area contributed by atoms with Crippen LogP contribution in [0.15, 0.2) is 29.9 Å². The smallest absolute Gasteiger partial charge is 0.139 e. The third-order valence-electron chi connectivity index (χ3n) is 2.25. The standard InChI is InChI=1S/C10H11BN2/c1-6-9-4-3-8(11)5-10(9)7(2)13-12-6/h3-5,13H,2,11H2,1H3. The number of hydrogen-bond acceptors (Lipinski definition) is 2. The van der Waals surface area contributed by atoms with Gasteiger partial charge in [-0.05, 0) is 6.92 Å². The quantitative estimate of drug-likeness (QED) is 0.554. The summed E-state index contributed by atoms with van der Waals surface area (Å²) in [5, 5.41) is 4.15. The minimum Gasteiger partial charge on any atom is -0.278 e. The van der Waals surface area contributed by atoms with Gasteiger partial charge in [0.2, 0.25) is 0 Å². The zero-order valence-electron chi connectivity index (χ0n) is 7.89. The summed E-state index contributed by atoms with van der Waals surface area (Å²) in [5.74, 6) is 0. The number of hydrazone groups is 1. The molecule has 2 rings (SSSR count). The highest BCUT2D eigenvalue weighted by Gasteiger charge is 2.12. The van der Waals surface area contributed by atoms with Crippen molar-refractivity contribution in [2.45, 2.75) is 6.92 Å². The molecule has 13 heavy (non-hydrogen) atoms. The highest BCUT2D eigenvalue weighted by molar-refractivity contribution is 6.32. The maximum absolute atomic E-state index is 4.15. The number of rotatable bonds is 0. The number of nitrogens with one attached hydrogen (secondary N) is 1. The van der Waals surface area contributed by atoms with Gasteiger partial charge in [-0.25, -0.2) is 0 Å². The Kier molecular flexibility index (Phi) is 1.73. The molecule has 64 valence electrons. The van der Waals surface area contributed by atoms with Crippen LogP contribution in [0.25, 0.3) is 5.70 Å². The average Bonchev–Trinajstić information content (AvgIpc) is 2.12. The van der Waals surface area contributed by atoms with E-state index in [4.69, 9.17) is 0 Å². The second-order valence-electron chi connectivity index (χ2n) is 3.34. The van der Waals surface area contributed by atoms with Gasteiger partial charge in [0.15, 0.2) is 0 Å². The van der Waals surface area contributed by atoms with Crippen LogP contribution in [0.4, 0.5) is 0 Å². The molecule has 0 spiro atoms. The first-order valence-corrected chi connectivity index (χ1v) is 4.29. The second-order valence-corrected chi connectivity index (χ2v) is 3.34. The lowest BCUT2D eigenvalue weighted by atomic mass is 9.89. The van der Waals surface area contributed by atoms with Gasteiger partial charge in [-0.15, -0.1) is 0 Å². The van der Waals surface area contributed by atoms with Crippen molar-refractivity contribution in [2.75, 3.05) is 0 Å². The van der Waals surface area contributed by atoms with Gasteiger partial charge in [-0.2, -0.15) is 5.10 Å². The van der Waals surface area contributed by atoms with Crippen LogP contribution < -0.4 is 10.9 Å². The number of hydrogen-bond donors (Lipinski definition) is 1. The van der Waals surface area contributed by atoms with Crippen LogP contribution in [0.5, 0.6) is 0 Å². The van der Waals surface area contributed by atoms with Crippen LogP contribution in [0.2, 0.25) is 0 Å². The van der Waals surface area contributed by atoms with Crippen molar-refractivity contribution in [2.24, 2.45) is 5.10 Å². The van der Waals surface area contributed by atoms with E-state index < -0.39 is 0 Å². The van der Waals surface area contributed by atoms with Gasteiger partial charge in [-0.3, -0.25) is 5.43 Å². The summed E-state index contributed by atoms with van der Waals surface area (Å²) < 4.78 is 0. The van der Waals surface area contributed by atoms with Crippen LogP contribution in [0.3, 0.4) is 0 Å². The van der Waals surface area contributed by atoms with Gasteiger partial charge >= 0.3 is 0 Å². The molecule has 1 aliphatic rings. The van der Waals surface area contributed by atoms with E-state index in [1.54, 1.807) is 0 Å². The third kappa shape index (κ3) is 1.26. The molecule has 3 heteroatoms. The van der Waals surface area contributed by atoms with E-state index in [0.29, 0.717) is 0 Å². The highest BCUT2D eigenvalue weighted by atomic mass is 15.3. The topological polar surface area (TPSA) is 24.4 Å². The lowest BCUT2D eigenvalue weighted by Gasteiger charge is -2.17. The summed E-state index contributed by atoms with van der Waals surface area (Å²) in [6, 6.07) is 6.31. The molecule has 0 saturated carbocycles. The SMILES string of the molecule is Bc1ccc2c(c1)C(=C)NN=C2C. The maximum atomic E-state index is 4.15. The Morgan fingerprint density at radius 1 is 1.38 bits per heavy atom. The molecule has 0 saturated heterocycles. The van der Waals surface area contributed by atoms with Crippen molar-refractivity contribution in [3.05, 3.63) is 35.9 Å². The Morgan fingerprint density at radius 3 is 2.92 bits per heavy atom. The Labute approximate surface area is 78.8 Å². The highest BCUT2D eigenvalue weighted by Crippen LogP contribution is 2.18. The van der Waals surface area contributed by atoms with Crippen molar-refractivity contribution in [3.63, 3.8) is 0 Å². The van der Waals surface area contributed by atoms with Gasteiger partial charge in [0, 0.05) is 11.1 Å². The summed E-state index contributed by atoms with van der Waals surface area (Å²) in [7, 11) is 2.08. The molecular formula is C10H11BN2. The fraction of sp³-hybridized carbons (Fsp3) is 0.100. The van der Waals surface area contributed by atoms with Gasteiger partial charge in [0.05, 0.1) is 11.4 Å². The van der Waals surface area contributed by atoms with Crippen molar-refractivity contribution in [1.29, 1.82) is 0 Å². The van der Waals surface area contributed by atoms with Crippen LogP contribution >= 0.6 is 0 Å². The summed E-state index contributed by atoms with van der Waals surface area (Å²) in [6.45, 7) is 5.91. The fourth-order valence-corrected chi connectivity index (χ4v) is 1.50. The number of fused-ring (bicyclic) bond motifs is 1. The first kappa shape index (κ1) is 8.11. The van der Waals surface area contributed by atoms with E-state index in [-0.39, 0.29) is 0 Å². The molecule has 0 fully saturated rings. The zero-order valence-corrected chi connectivity index (χ0v) is 7.89. The number of benzene rings is 1. The second kappa shape index (κ2) is 2.77. The minimum absolute atomic E-state index is 0.879. The van der Waals surface area contributed by atoms with Crippen LogP contribution in [-0.2, 0) is 0 Å². The first-order chi connectivity index (χ1) is 6.18. The summed E-state index contributed by atoms with van der Waals surface area (Å²) >= 11 is 0. The minimum atomic E-state index is 0.879. The Balaban J connectivity index is 2.66. The maximum Gasteiger partial charge on any atom is 0.139 e. The molecule has 0 atom stereocenters. The third-order valence-corrected chi connectivity index (χ3v) is 2.25. The lowest BCUT2D eigenvalue weighted by Crippen LogP contribution is -2.19. The van der Waals surface area contributed by atoms with Gasteiger partial charge in [0.1, 0.15) is 7.85 Å². The van der Waals surface area contributed by atoms with E-state index in [0.717, 1.165) is 17.0 Å². The first-order valence-electron chi connectivity index (χ1n) is 4.29. The van der Waals surface area contributed by atoms with E-state index >= 15 is 0 Å². The molecule has 1 aromatic carbocycles. The predicted molar refractivity (Wildman–Crippen MR) is 59.0 cm³/mol. The van der Waals surface area contributed by atoms with Crippen LogP contribution in [-0.4, -0.2) is 13.6 Å². The van der Waals surface area contributed by atoms with Crippen molar-refractivity contribution >= 4 is 24.7 Å². The van der Waals surface area contributed by atoms with Crippen molar-refractivity contribution < 1.29 is 0 Å². The molecule has 0 unspecified atom stereocenters. The summed E-state index contributed by atoms with van der Waals surface area (Å²) in [5.41, 5.74) is 8.39. The molecule has 1 N–H and O–H groups in total. The van der Waals surface area contributed by atoms with E-state index in [1.165, 1.54) is 11.0 Å². The van der Waals surface area contributed by atoms with E-state index in [1.807, 2.05) is 6.92 Å². The zero-order chi connectivity index (χ0) is 9.42. The fourth-order valence-electron chi connectivity index (χ4n) is 1.50. The van der Waals surface area contributed by atoms with E-state index in [2.05, 4.69) is 43.2 Å². The molecule has 0 radical (unpaired) electrons. The normalized spacial score (nSPS) is 14.5. The van der Waals surface area contributed by atoms with Gasteiger partial charge < -0.3 is 0 Å². The molecule has 0 amide bonds. The molecule has 0 aromatic heterocycles. The van der Waals surface area contributed by atoms with Crippen LogP contribution in [0, 0.1) is 0 Å². The summed E-state index contributed by atoms with van der Waals surface area (Å²) in [6.07, 6.45) is 0. The monoisotopic (exact) mass is 170 g/mol. The van der Waals surface area contributed by atoms with Gasteiger partial charge in [-0.1, -0.05) is 30.2 Å². The molecule has 0 bridgehead atoms. The Morgan fingerprint density at radius 2 is 2.15 bits per heavy atom. The van der Waals surface area contributed by atoms with Crippen molar-refractivity contribution in [3.8, 4) is 0 Å². The predicted octanol–water partition coefficient (Wildman–Crippen LogP) is 0.243. The average molecular weight is 170 g/mol. The Bertz CT molecular complexity index is 407. The molecule has 1 aliphatic heterocycles. The number of nitrogens with zero attached hydrogens (tertiary/aromatic N) is 1. The molecule has 2 nitrogen and oxygen atoms in total. The van der Waals surface area contributed by atoms with Crippen molar-refractivity contribution in [1.82, 2.24) is 5.43 Å². The van der Waals surface area contributed by atoms with Gasteiger partial charge in [0.25, 0.3) is 0 Å². The largest absolute Gasteiger partial charge is 0.278 e. The Hall–Kier alpha value is -1.51. The lowest BCUT2D eigenvalue weighted by molar-refractivity contribution is 0.976. The van der Waals surface area contributed by atoms with Crippen LogP contribution in [0.1, 0.15) is 18.1 Å². The summed E-state index contributed by atoms with van der Waals surface area (Å²) in [4.78, 5) is 0. The molecular weight excluding hydrogens is 159 g/mol. The van der Waals surface area contributed by atoms with E-state index in [9.17, 15) is 0 Å². The molecule has 1 heterocycles.